The molecule has 0 bridgehead atoms. The summed E-state index contributed by atoms with van der Waals surface area (Å²) in [6.07, 6.45) is -0.245. The summed E-state index contributed by atoms with van der Waals surface area (Å²) in [6.45, 7) is 17.8. The van der Waals surface area contributed by atoms with Crippen LogP contribution in [-0.4, -0.2) is 44.4 Å². The van der Waals surface area contributed by atoms with Crippen LogP contribution in [0.15, 0.2) is 91.0 Å². The van der Waals surface area contributed by atoms with Crippen LogP contribution in [0.25, 0.3) is 0 Å². The summed E-state index contributed by atoms with van der Waals surface area (Å²) in [5.41, 5.74) is 3.88. The molecular formula is C30H37F3N4OSi. The third kappa shape index (κ3) is 12.9. The Morgan fingerprint density at radius 1 is 1.00 bits per heavy atom. The van der Waals surface area contributed by atoms with Gasteiger partial charge < -0.3 is 4.90 Å². The van der Waals surface area contributed by atoms with Crippen LogP contribution in [0.1, 0.15) is 37.9 Å². The second-order valence-electron chi connectivity index (χ2n) is 9.87. The third-order valence-corrected chi connectivity index (χ3v) is 10.1. The summed E-state index contributed by atoms with van der Waals surface area (Å²) in [4.78, 5) is 15.9. The minimum atomic E-state index is -5.02. The van der Waals surface area contributed by atoms with E-state index in [1.165, 1.54) is 12.1 Å². The van der Waals surface area contributed by atoms with Crippen molar-refractivity contribution in [2.45, 2.75) is 51.1 Å². The normalized spacial score (nSPS) is 11.8. The van der Waals surface area contributed by atoms with Gasteiger partial charge in [-0.1, -0.05) is 107 Å². The summed E-state index contributed by atoms with van der Waals surface area (Å²) < 4.78 is 37.5. The molecule has 0 aromatic heterocycles. The summed E-state index contributed by atoms with van der Waals surface area (Å²) in [5.74, 6) is -2.05. The van der Waals surface area contributed by atoms with Crippen molar-refractivity contribution in [1.29, 1.82) is 10.5 Å². The fraction of sp³-hybridized carbons (Fsp3) is 0.333. The lowest BCUT2D eigenvalue weighted by molar-refractivity contribution is -0.186. The van der Waals surface area contributed by atoms with Gasteiger partial charge in [-0.05, 0) is 16.2 Å². The molecule has 0 heterocycles. The highest BCUT2D eigenvalue weighted by atomic mass is 28.3. The number of nitrogens with zero attached hydrogens (tertiary/aromatic N) is 4. The zero-order valence-electron chi connectivity index (χ0n) is 23.2. The average molecular weight is 555 g/mol. The van der Waals surface area contributed by atoms with Crippen molar-refractivity contribution < 1.29 is 18.0 Å². The van der Waals surface area contributed by atoms with Gasteiger partial charge in [0.05, 0.1) is 12.6 Å². The molecule has 39 heavy (non-hydrogen) atoms. The van der Waals surface area contributed by atoms with Crippen LogP contribution >= 0.6 is 0 Å². The van der Waals surface area contributed by atoms with Gasteiger partial charge in [0.1, 0.15) is 6.04 Å². The standard InChI is InChI=1S/C13H11F3N2O.C10H11N.C7H15NSi/c1-2-8-18(12(19)13(14,15)16)11(9-17)10-6-4-3-5-7-10;1-2-8-11-9-10-6-4-3-5-7-10;1-7(2,3)9(4,5)6-8/h2-7,11H,1,8H2;2-7,9H,1,8H2;1-5H3. The van der Waals surface area contributed by atoms with Crippen molar-refractivity contribution in [2.24, 2.45) is 4.99 Å². The first kappa shape index (κ1) is 35.0. The predicted molar refractivity (Wildman–Crippen MR) is 155 cm³/mol. The summed E-state index contributed by atoms with van der Waals surface area (Å²) in [7, 11) is -1.57. The molecule has 0 aliphatic carbocycles. The van der Waals surface area contributed by atoms with Crippen molar-refractivity contribution in [3.63, 3.8) is 0 Å². The Labute approximate surface area is 231 Å². The second-order valence-corrected chi connectivity index (χ2v) is 14.8. The lowest BCUT2D eigenvalue weighted by atomic mass is 10.1. The number of aliphatic imine (C=N–C) groups is 1. The van der Waals surface area contributed by atoms with Crippen molar-refractivity contribution in [1.82, 2.24) is 4.90 Å². The molecule has 0 N–H and O–H groups in total. The highest BCUT2D eigenvalue weighted by molar-refractivity contribution is 6.87. The Hall–Kier alpha value is -3.95. The van der Waals surface area contributed by atoms with Crippen LogP contribution in [0.2, 0.25) is 18.1 Å². The Balaban J connectivity index is 0.000000612. The van der Waals surface area contributed by atoms with Gasteiger partial charge in [0.2, 0.25) is 0 Å². The SMILES string of the molecule is C=CCN(C(=O)C(F)(F)F)C(C#N)c1ccccc1.C=CCN=Cc1ccccc1.CC(C)(C)[Si](C)(C)C#N. The van der Waals surface area contributed by atoms with Gasteiger partial charge in [-0.2, -0.15) is 18.4 Å². The van der Waals surface area contributed by atoms with E-state index in [-0.39, 0.29) is 11.6 Å². The maximum absolute atomic E-state index is 12.5. The number of carbonyl (C=O) groups is 1. The van der Waals surface area contributed by atoms with Gasteiger partial charge in [-0.25, -0.2) is 5.26 Å². The Bertz CT molecular complexity index is 1140. The molecule has 0 spiro atoms. The van der Waals surface area contributed by atoms with Crippen molar-refractivity contribution in [2.75, 3.05) is 13.1 Å². The smallest absolute Gasteiger partial charge is 0.311 e. The van der Waals surface area contributed by atoms with Crippen LogP contribution in [-0.2, 0) is 4.79 Å². The minimum absolute atomic E-state index is 0.224. The molecule has 1 unspecified atom stereocenters. The molecule has 0 radical (unpaired) electrons. The number of hydrogen-bond acceptors (Lipinski definition) is 4. The molecule has 1 atom stereocenters. The zero-order valence-corrected chi connectivity index (χ0v) is 24.2. The van der Waals surface area contributed by atoms with Crippen molar-refractivity contribution >= 4 is 20.2 Å². The van der Waals surface area contributed by atoms with Crippen molar-refractivity contribution in [3.05, 3.63) is 97.1 Å². The highest BCUT2D eigenvalue weighted by Gasteiger charge is 2.44. The van der Waals surface area contributed by atoms with Gasteiger partial charge in [0, 0.05) is 18.5 Å². The third-order valence-electron chi connectivity index (χ3n) is 5.81. The van der Waals surface area contributed by atoms with E-state index in [0.29, 0.717) is 17.0 Å². The molecular weight excluding hydrogens is 517 g/mol. The number of benzene rings is 2. The quantitative estimate of drug-likeness (QED) is 0.200. The largest absolute Gasteiger partial charge is 0.471 e. The molecule has 0 aliphatic rings. The van der Waals surface area contributed by atoms with Gasteiger partial charge in [0.25, 0.3) is 0 Å². The number of halogens is 3. The molecule has 1 amide bonds. The molecule has 0 saturated heterocycles. The lowest BCUT2D eigenvalue weighted by Gasteiger charge is -2.29. The molecule has 2 aromatic carbocycles. The zero-order chi connectivity index (χ0) is 30.1. The first-order chi connectivity index (χ1) is 18.2. The van der Waals surface area contributed by atoms with Crippen molar-refractivity contribution in [3.8, 4) is 11.8 Å². The topological polar surface area (TPSA) is 80.2 Å². The van der Waals surface area contributed by atoms with Crippen LogP contribution in [0, 0.1) is 22.3 Å². The van der Waals surface area contributed by atoms with Crippen LogP contribution in [0.5, 0.6) is 0 Å². The van der Waals surface area contributed by atoms with Gasteiger partial charge in [-0.3, -0.25) is 9.79 Å². The van der Waals surface area contributed by atoms with E-state index in [0.717, 1.165) is 11.6 Å². The Morgan fingerprint density at radius 2 is 1.51 bits per heavy atom. The first-order valence-corrected chi connectivity index (χ1v) is 15.2. The van der Waals surface area contributed by atoms with Crippen LogP contribution in [0.4, 0.5) is 13.2 Å². The molecule has 0 saturated carbocycles. The van der Waals surface area contributed by atoms with E-state index in [2.05, 4.69) is 57.7 Å². The Morgan fingerprint density at radius 3 is 1.87 bits per heavy atom. The predicted octanol–water partition coefficient (Wildman–Crippen LogP) is 7.68. The molecule has 2 rings (SSSR count). The summed E-state index contributed by atoms with van der Waals surface area (Å²) in [6, 6.07) is 18.3. The van der Waals surface area contributed by atoms with E-state index < -0.39 is 26.2 Å². The number of rotatable bonds is 7. The number of amides is 1. The van der Waals surface area contributed by atoms with Crippen LogP contribution < -0.4 is 0 Å². The van der Waals surface area contributed by atoms with Crippen LogP contribution in [0.3, 0.4) is 0 Å². The number of hydrogen-bond donors (Lipinski definition) is 0. The minimum Gasteiger partial charge on any atom is -0.311 e. The average Bonchev–Trinajstić information content (AvgIpc) is 2.89. The molecule has 2 aromatic rings. The van der Waals surface area contributed by atoms with E-state index in [9.17, 15) is 18.0 Å². The molecule has 0 fully saturated rings. The summed E-state index contributed by atoms with van der Waals surface area (Å²) >= 11 is 0. The fourth-order valence-electron chi connectivity index (χ4n) is 2.51. The second kappa shape index (κ2) is 16.8. The van der Waals surface area contributed by atoms with E-state index in [4.69, 9.17) is 10.5 Å². The number of carbonyl (C=O) groups excluding carboxylic acids is 1. The van der Waals surface area contributed by atoms with E-state index >= 15 is 0 Å². The van der Waals surface area contributed by atoms with E-state index in [1.807, 2.05) is 36.5 Å². The summed E-state index contributed by atoms with van der Waals surface area (Å²) in [5, 5.41) is 18.0. The fourth-order valence-corrected chi connectivity index (χ4v) is 2.84. The van der Waals surface area contributed by atoms with Gasteiger partial charge in [-0.15, -0.1) is 13.2 Å². The number of nitriles is 2. The maximum atomic E-state index is 12.5. The molecule has 9 heteroatoms. The lowest BCUT2D eigenvalue weighted by Crippen LogP contribution is -2.43. The number of alkyl halides is 3. The van der Waals surface area contributed by atoms with Gasteiger partial charge >= 0.3 is 12.1 Å². The maximum Gasteiger partial charge on any atom is 0.471 e. The highest BCUT2D eigenvalue weighted by Crippen LogP contribution is 2.34. The molecule has 0 aliphatic heterocycles. The Kier molecular flexibility index (Phi) is 15.1. The van der Waals surface area contributed by atoms with E-state index in [1.54, 1.807) is 30.3 Å². The van der Waals surface area contributed by atoms with Gasteiger partial charge in [0.15, 0.2) is 8.07 Å². The first-order valence-electron chi connectivity index (χ1n) is 12.2. The molecule has 5 nitrogen and oxygen atoms in total. The molecule has 208 valence electrons. The monoisotopic (exact) mass is 554 g/mol.